The van der Waals surface area contributed by atoms with Crippen molar-refractivity contribution < 1.29 is 44.3 Å². The van der Waals surface area contributed by atoms with Gasteiger partial charge < -0.3 is 10.2 Å². The van der Waals surface area contributed by atoms with E-state index in [2.05, 4.69) is 0 Å². The highest BCUT2D eigenvalue weighted by molar-refractivity contribution is 5.84. The number of halogens is 9. The molecule has 0 fully saturated rings. The van der Waals surface area contributed by atoms with Crippen LogP contribution in [-0.2, 0) is 4.79 Å². The lowest BCUT2D eigenvalue weighted by Crippen LogP contribution is -2.65. The van der Waals surface area contributed by atoms with Crippen molar-refractivity contribution in [2.75, 3.05) is 27.2 Å². The Labute approximate surface area is 119 Å². The topological polar surface area (TPSA) is 32.3 Å². The molecule has 0 bridgehead atoms. The van der Waals surface area contributed by atoms with Gasteiger partial charge in [0, 0.05) is 6.54 Å². The molecule has 0 saturated heterocycles. The van der Waals surface area contributed by atoms with Crippen molar-refractivity contribution >= 4 is 5.91 Å². The minimum Gasteiger partial charge on any atom is -0.351 e. The molecule has 1 N–H and O–H groups in total. The maximum atomic E-state index is 13.1. The van der Waals surface area contributed by atoms with Crippen molar-refractivity contribution in [2.45, 2.75) is 30.4 Å². The van der Waals surface area contributed by atoms with Crippen molar-refractivity contribution in [1.29, 1.82) is 0 Å². The summed E-state index contributed by atoms with van der Waals surface area (Å²) in [6, 6.07) is 0. The second-order valence-electron chi connectivity index (χ2n) is 4.63. The number of nitrogens with zero attached hydrogens (tertiary/aromatic N) is 1. The van der Waals surface area contributed by atoms with E-state index in [0.29, 0.717) is 0 Å². The van der Waals surface area contributed by atoms with Crippen molar-refractivity contribution in [3.8, 4) is 0 Å². The zero-order valence-electron chi connectivity index (χ0n) is 11.4. The van der Waals surface area contributed by atoms with Gasteiger partial charge in [0.15, 0.2) is 0 Å². The number of carbonyl (C=O) groups is 1. The molecule has 132 valence electrons. The quantitative estimate of drug-likeness (QED) is 0.567. The van der Waals surface area contributed by atoms with E-state index in [1.807, 2.05) is 0 Å². The second kappa shape index (κ2) is 6.50. The fourth-order valence-electron chi connectivity index (χ4n) is 1.23. The zero-order chi connectivity index (χ0) is 18.0. The van der Waals surface area contributed by atoms with Crippen molar-refractivity contribution in [3.05, 3.63) is 0 Å². The molecular weight excluding hydrogens is 335 g/mol. The molecule has 0 aromatic heterocycles. The first kappa shape index (κ1) is 20.8. The molecule has 3 nitrogen and oxygen atoms in total. The number of hydrogen-bond acceptors (Lipinski definition) is 2. The molecule has 0 aliphatic rings. The van der Waals surface area contributed by atoms with Gasteiger partial charge in [0.25, 0.3) is 5.91 Å². The number of carbonyl (C=O) groups excluding carboxylic acids is 1. The first-order valence-corrected chi connectivity index (χ1v) is 5.72. The number of amides is 1. The van der Waals surface area contributed by atoms with Crippen LogP contribution in [0.5, 0.6) is 0 Å². The van der Waals surface area contributed by atoms with Gasteiger partial charge in [-0.25, -0.2) is 0 Å². The van der Waals surface area contributed by atoms with Gasteiger partial charge in [0.1, 0.15) is 0 Å². The van der Waals surface area contributed by atoms with Crippen LogP contribution in [0.4, 0.5) is 39.5 Å². The lowest BCUT2D eigenvalue weighted by Gasteiger charge is -2.32. The van der Waals surface area contributed by atoms with Crippen LogP contribution in [0.25, 0.3) is 0 Å². The van der Waals surface area contributed by atoms with E-state index >= 15 is 0 Å². The Morgan fingerprint density at radius 3 is 1.73 bits per heavy atom. The molecule has 1 amide bonds. The van der Waals surface area contributed by atoms with Crippen LogP contribution < -0.4 is 5.32 Å². The van der Waals surface area contributed by atoms with Gasteiger partial charge in [0.2, 0.25) is 0 Å². The number of rotatable bonds is 7. The third-order valence-corrected chi connectivity index (χ3v) is 2.50. The lowest BCUT2D eigenvalue weighted by molar-refractivity contribution is -0.388. The van der Waals surface area contributed by atoms with E-state index in [1.54, 1.807) is 14.1 Å². The summed E-state index contributed by atoms with van der Waals surface area (Å²) in [6.07, 6.45) is -6.94. The first-order chi connectivity index (χ1) is 9.59. The summed E-state index contributed by atoms with van der Waals surface area (Å²) < 4.78 is 112. The van der Waals surface area contributed by atoms with E-state index in [4.69, 9.17) is 0 Å². The van der Waals surface area contributed by atoms with Crippen molar-refractivity contribution in [3.63, 3.8) is 0 Å². The highest BCUT2D eigenvalue weighted by Crippen LogP contribution is 2.53. The maximum absolute atomic E-state index is 13.1. The summed E-state index contributed by atoms with van der Waals surface area (Å²) in [5.41, 5.74) is 0. The summed E-state index contributed by atoms with van der Waals surface area (Å²) in [5, 5.41) is 1.21. The Bertz CT molecular complexity index is 392. The summed E-state index contributed by atoms with van der Waals surface area (Å²) >= 11 is 0. The fraction of sp³-hybridized carbons (Fsp3) is 0.900. The molecule has 0 aliphatic carbocycles. The lowest BCUT2D eigenvalue weighted by atomic mass is 10.0. The average molecular weight is 348 g/mol. The van der Waals surface area contributed by atoms with Crippen LogP contribution >= 0.6 is 0 Å². The van der Waals surface area contributed by atoms with Crippen LogP contribution in [0.1, 0.15) is 6.42 Å². The molecule has 0 atom stereocenters. The average Bonchev–Trinajstić information content (AvgIpc) is 2.32. The summed E-state index contributed by atoms with van der Waals surface area (Å²) in [6.45, 7) is -0.360. The summed E-state index contributed by atoms with van der Waals surface area (Å²) in [4.78, 5) is 12.4. The molecule has 0 heterocycles. The minimum atomic E-state index is -7.07. The molecule has 0 radical (unpaired) electrons. The van der Waals surface area contributed by atoms with Gasteiger partial charge in [-0.1, -0.05) is 0 Å². The molecule has 0 saturated carbocycles. The third-order valence-electron chi connectivity index (χ3n) is 2.50. The van der Waals surface area contributed by atoms with Crippen molar-refractivity contribution in [1.82, 2.24) is 10.2 Å². The van der Waals surface area contributed by atoms with Gasteiger partial charge in [-0.3, -0.25) is 4.79 Å². The van der Waals surface area contributed by atoms with E-state index in [1.165, 1.54) is 10.2 Å². The summed E-state index contributed by atoms with van der Waals surface area (Å²) in [7, 11) is 3.13. The molecule has 12 heteroatoms. The Morgan fingerprint density at radius 2 is 1.36 bits per heavy atom. The fourth-order valence-corrected chi connectivity index (χ4v) is 1.23. The number of hydrogen-bond donors (Lipinski definition) is 1. The Kier molecular flexibility index (Phi) is 6.15. The SMILES string of the molecule is CN(C)CCCNC(=O)C(F)(F)C(F)(F)C(F)(F)C(F)(F)F. The largest absolute Gasteiger partial charge is 0.460 e. The molecule has 0 aromatic carbocycles. The molecular formula is C10H13F9N2O. The van der Waals surface area contributed by atoms with E-state index in [9.17, 15) is 44.3 Å². The Hall–Kier alpha value is -1.20. The Morgan fingerprint density at radius 1 is 0.909 bits per heavy atom. The Balaban J connectivity index is 5.08. The predicted octanol–water partition coefficient (Wildman–Crippen LogP) is 2.52. The van der Waals surface area contributed by atoms with E-state index in [0.717, 1.165) is 0 Å². The zero-order valence-corrected chi connectivity index (χ0v) is 11.4. The molecule has 0 unspecified atom stereocenters. The van der Waals surface area contributed by atoms with E-state index < -0.39 is 36.4 Å². The maximum Gasteiger partial charge on any atom is 0.460 e. The van der Waals surface area contributed by atoms with Gasteiger partial charge >= 0.3 is 23.9 Å². The van der Waals surface area contributed by atoms with Gasteiger partial charge in [-0.2, -0.15) is 39.5 Å². The first-order valence-electron chi connectivity index (χ1n) is 5.72. The van der Waals surface area contributed by atoms with Crippen molar-refractivity contribution in [2.24, 2.45) is 0 Å². The molecule has 0 aromatic rings. The predicted molar refractivity (Wildman–Crippen MR) is 57.1 cm³/mol. The normalized spacial score (nSPS) is 14.4. The highest BCUT2D eigenvalue weighted by Gasteiger charge is 2.83. The molecule has 0 spiro atoms. The molecule has 22 heavy (non-hydrogen) atoms. The monoisotopic (exact) mass is 348 g/mol. The third kappa shape index (κ3) is 3.96. The number of alkyl halides is 9. The van der Waals surface area contributed by atoms with Crippen LogP contribution in [-0.4, -0.2) is 61.9 Å². The second-order valence-corrected chi connectivity index (χ2v) is 4.63. The number of nitrogens with one attached hydrogen (secondary N) is 1. The minimum absolute atomic E-state index is 0.00391. The van der Waals surface area contributed by atoms with Gasteiger partial charge in [0.05, 0.1) is 0 Å². The summed E-state index contributed by atoms with van der Waals surface area (Å²) in [5.74, 6) is -23.1. The standard InChI is InChI=1S/C10H13F9N2O/c1-21(2)5-3-4-20-6(22)7(11,12)8(13,14)9(15,16)10(17,18)19/h3-5H2,1-2H3,(H,20,22). The van der Waals surface area contributed by atoms with Gasteiger partial charge in [-0.15, -0.1) is 0 Å². The van der Waals surface area contributed by atoms with Crippen LogP contribution in [0.3, 0.4) is 0 Å². The molecule has 0 aliphatic heterocycles. The van der Waals surface area contributed by atoms with Crippen LogP contribution in [0, 0.1) is 0 Å². The van der Waals surface area contributed by atoms with Crippen LogP contribution in [0.15, 0.2) is 0 Å². The molecule has 0 rings (SSSR count). The van der Waals surface area contributed by atoms with E-state index in [-0.39, 0.29) is 13.0 Å². The van der Waals surface area contributed by atoms with Crippen LogP contribution in [0.2, 0.25) is 0 Å². The van der Waals surface area contributed by atoms with Gasteiger partial charge in [-0.05, 0) is 27.1 Å². The highest BCUT2D eigenvalue weighted by atomic mass is 19.4. The smallest absolute Gasteiger partial charge is 0.351 e.